The molecule has 0 unspecified atom stereocenters. The highest BCUT2D eigenvalue weighted by Crippen LogP contribution is 2.28. The number of carbonyl (C=O) groups is 2. The van der Waals surface area contributed by atoms with Crippen molar-refractivity contribution in [3.8, 4) is 11.4 Å². The molecule has 0 radical (unpaired) electrons. The highest BCUT2D eigenvalue weighted by atomic mass is 32.2. The number of hydrogen-bond donors (Lipinski definition) is 1. The molecule has 1 N–H and O–H groups in total. The summed E-state index contributed by atoms with van der Waals surface area (Å²) >= 11 is 1.34. The van der Waals surface area contributed by atoms with Crippen LogP contribution in [0.5, 0.6) is 0 Å². The van der Waals surface area contributed by atoms with E-state index in [1.807, 2.05) is 72.2 Å². The molecule has 1 aliphatic heterocycles. The normalized spacial score (nSPS) is 13.4. The quantitative estimate of drug-likeness (QED) is 0.361. The fraction of sp³-hybridized carbons (Fsp3) is 0.231. The number of amides is 2. The van der Waals surface area contributed by atoms with E-state index in [0.717, 1.165) is 35.5 Å². The van der Waals surface area contributed by atoms with Crippen molar-refractivity contribution in [2.45, 2.75) is 31.5 Å². The summed E-state index contributed by atoms with van der Waals surface area (Å²) in [6.45, 7) is 3.21. The first kappa shape index (κ1) is 22.9. The van der Waals surface area contributed by atoms with Crippen LogP contribution < -0.4 is 10.2 Å². The zero-order valence-electron chi connectivity index (χ0n) is 19.3. The number of hydrogen-bond acceptors (Lipinski definition) is 6. The molecule has 0 saturated carbocycles. The third-order valence-corrected chi connectivity index (χ3v) is 6.84. The predicted octanol–water partition coefficient (Wildman–Crippen LogP) is 4.75. The zero-order valence-corrected chi connectivity index (χ0v) is 20.1. The van der Waals surface area contributed by atoms with E-state index in [1.54, 1.807) is 11.2 Å². The van der Waals surface area contributed by atoms with E-state index < -0.39 is 0 Å². The van der Waals surface area contributed by atoms with Gasteiger partial charge < -0.3 is 14.6 Å². The summed E-state index contributed by atoms with van der Waals surface area (Å²) in [4.78, 5) is 26.4. The Bertz CT molecular complexity index is 1330. The second kappa shape index (κ2) is 10.2. The molecule has 0 bridgehead atoms. The second-order valence-corrected chi connectivity index (χ2v) is 9.24. The molecule has 2 aromatic heterocycles. The van der Waals surface area contributed by atoms with Crippen molar-refractivity contribution in [3.05, 3.63) is 78.3 Å². The summed E-state index contributed by atoms with van der Waals surface area (Å²) < 4.78 is 7.48. The number of nitrogens with one attached hydrogen (secondary N) is 1. The van der Waals surface area contributed by atoms with Gasteiger partial charge in [-0.2, -0.15) is 0 Å². The Kier molecular flexibility index (Phi) is 6.67. The van der Waals surface area contributed by atoms with Crippen molar-refractivity contribution < 1.29 is 14.0 Å². The molecule has 0 atom stereocenters. The Labute approximate surface area is 207 Å². The highest BCUT2D eigenvalue weighted by Gasteiger charge is 2.22. The summed E-state index contributed by atoms with van der Waals surface area (Å²) in [5.41, 5.74) is 3.53. The largest absolute Gasteiger partial charge is 0.469 e. The third-order valence-electron chi connectivity index (χ3n) is 5.87. The van der Waals surface area contributed by atoms with Gasteiger partial charge in [0.1, 0.15) is 5.76 Å². The van der Waals surface area contributed by atoms with Gasteiger partial charge >= 0.3 is 0 Å². The molecule has 4 aromatic rings. The van der Waals surface area contributed by atoms with Crippen molar-refractivity contribution in [2.75, 3.05) is 22.5 Å². The lowest BCUT2D eigenvalue weighted by Crippen LogP contribution is -2.23. The van der Waals surface area contributed by atoms with Crippen molar-refractivity contribution >= 4 is 35.0 Å². The number of anilines is 2. The molecule has 1 aliphatic rings. The van der Waals surface area contributed by atoms with Crippen LogP contribution >= 0.6 is 11.8 Å². The van der Waals surface area contributed by atoms with Crippen molar-refractivity contribution in [3.63, 3.8) is 0 Å². The van der Waals surface area contributed by atoms with Crippen molar-refractivity contribution in [2.24, 2.45) is 0 Å². The number of rotatable bonds is 8. The maximum Gasteiger partial charge on any atom is 0.234 e. The zero-order chi connectivity index (χ0) is 24.2. The lowest BCUT2D eigenvalue weighted by molar-refractivity contribution is -0.117. The minimum absolute atomic E-state index is 0.141. The van der Waals surface area contributed by atoms with Crippen LogP contribution in [0.3, 0.4) is 0 Å². The van der Waals surface area contributed by atoms with Crippen LogP contribution in [0.4, 0.5) is 11.4 Å². The van der Waals surface area contributed by atoms with Crippen LogP contribution in [0.2, 0.25) is 0 Å². The van der Waals surface area contributed by atoms with Gasteiger partial charge in [0.05, 0.1) is 24.1 Å². The van der Waals surface area contributed by atoms with Gasteiger partial charge in [0.2, 0.25) is 11.8 Å². The number of aryl methyl sites for hydroxylation is 1. The molecule has 9 heteroatoms. The standard InChI is InChI=1S/C26H25N5O3S/c1-18-22(13-15-34-18)25-28-29-26(31(25)16-19-6-3-2-4-7-19)35-17-23(32)27-20-9-11-21(12-10-20)30-14-5-8-24(30)33/h2-4,6-7,9-13,15H,5,8,14,16-17H2,1H3,(H,27,32). The van der Waals surface area contributed by atoms with E-state index in [1.165, 1.54) is 11.8 Å². The molecule has 178 valence electrons. The van der Waals surface area contributed by atoms with Crippen molar-refractivity contribution in [1.82, 2.24) is 14.8 Å². The fourth-order valence-electron chi connectivity index (χ4n) is 4.09. The van der Waals surface area contributed by atoms with Crippen LogP contribution in [0, 0.1) is 6.92 Å². The van der Waals surface area contributed by atoms with Gasteiger partial charge in [0, 0.05) is 24.3 Å². The van der Waals surface area contributed by atoms with Gasteiger partial charge in [-0.05, 0) is 49.2 Å². The third kappa shape index (κ3) is 5.14. The van der Waals surface area contributed by atoms with E-state index in [0.29, 0.717) is 29.6 Å². The first-order valence-electron chi connectivity index (χ1n) is 11.4. The van der Waals surface area contributed by atoms with E-state index in [-0.39, 0.29) is 17.6 Å². The van der Waals surface area contributed by atoms with E-state index in [9.17, 15) is 9.59 Å². The molecule has 0 spiro atoms. The predicted molar refractivity (Wildman–Crippen MR) is 135 cm³/mol. The average molecular weight is 488 g/mol. The van der Waals surface area contributed by atoms with Crippen molar-refractivity contribution in [1.29, 1.82) is 0 Å². The van der Waals surface area contributed by atoms with Crippen LogP contribution in [0.1, 0.15) is 24.2 Å². The van der Waals surface area contributed by atoms with E-state index in [4.69, 9.17) is 4.42 Å². The van der Waals surface area contributed by atoms with Crippen LogP contribution in [0.25, 0.3) is 11.4 Å². The van der Waals surface area contributed by atoms with Crippen LogP contribution in [-0.4, -0.2) is 38.9 Å². The molecule has 2 amide bonds. The molecule has 1 fully saturated rings. The van der Waals surface area contributed by atoms with Crippen LogP contribution in [0.15, 0.2) is 76.5 Å². The Morgan fingerprint density at radius 3 is 2.57 bits per heavy atom. The van der Waals surface area contributed by atoms with Gasteiger partial charge in [-0.15, -0.1) is 10.2 Å². The monoisotopic (exact) mass is 487 g/mol. The van der Waals surface area contributed by atoms with Gasteiger partial charge in [-0.3, -0.25) is 14.2 Å². The van der Waals surface area contributed by atoms with Crippen LogP contribution in [-0.2, 0) is 16.1 Å². The summed E-state index contributed by atoms with van der Waals surface area (Å²) in [5, 5.41) is 12.3. The Morgan fingerprint density at radius 2 is 1.89 bits per heavy atom. The molecule has 3 heterocycles. The molecule has 35 heavy (non-hydrogen) atoms. The highest BCUT2D eigenvalue weighted by molar-refractivity contribution is 7.99. The number of aromatic nitrogens is 3. The summed E-state index contributed by atoms with van der Waals surface area (Å²) in [6, 6.07) is 19.3. The maximum atomic E-state index is 12.7. The second-order valence-electron chi connectivity index (χ2n) is 8.30. The lowest BCUT2D eigenvalue weighted by Gasteiger charge is -2.16. The topological polar surface area (TPSA) is 93.3 Å². The van der Waals surface area contributed by atoms with E-state index >= 15 is 0 Å². The van der Waals surface area contributed by atoms with E-state index in [2.05, 4.69) is 15.5 Å². The van der Waals surface area contributed by atoms with Gasteiger partial charge in [0.25, 0.3) is 0 Å². The molecule has 0 aliphatic carbocycles. The molecule has 1 saturated heterocycles. The number of thioether (sulfide) groups is 1. The lowest BCUT2D eigenvalue weighted by atomic mass is 10.2. The molecule has 8 nitrogen and oxygen atoms in total. The molecular formula is C26H25N5O3S. The Morgan fingerprint density at radius 1 is 1.09 bits per heavy atom. The minimum atomic E-state index is -0.143. The summed E-state index contributed by atoms with van der Waals surface area (Å²) in [7, 11) is 0. The summed E-state index contributed by atoms with van der Waals surface area (Å²) in [6.07, 6.45) is 3.11. The number of furan rings is 1. The number of carbonyl (C=O) groups excluding carboxylic acids is 2. The van der Waals surface area contributed by atoms with Gasteiger partial charge in [-0.1, -0.05) is 42.1 Å². The first-order valence-corrected chi connectivity index (χ1v) is 12.4. The smallest absolute Gasteiger partial charge is 0.234 e. The summed E-state index contributed by atoms with van der Waals surface area (Å²) in [5.74, 6) is 1.65. The van der Waals surface area contributed by atoms with Gasteiger partial charge in [-0.25, -0.2) is 0 Å². The molecule has 2 aromatic carbocycles. The number of benzene rings is 2. The SMILES string of the molecule is Cc1occc1-c1nnc(SCC(=O)Nc2ccc(N3CCCC3=O)cc2)n1Cc1ccccc1. The Hall–Kier alpha value is -3.85. The molecule has 5 rings (SSSR count). The molecular weight excluding hydrogens is 462 g/mol. The van der Waals surface area contributed by atoms with Gasteiger partial charge in [0.15, 0.2) is 11.0 Å². The Balaban J connectivity index is 1.27. The average Bonchev–Trinajstić information content (AvgIpc) is 3.59. The fourth-order valence-corrected chi connectivity index (χ4v) is 4.83. The minimum Gasteiger partial charge on any atom is -0.469 e. The first-order chi connectivity index (χ1) is 17.1. The number of nitrogens with zero attached hydrogens (tertiary/aromatic N) is 4. The maximum absolute atomic E-state index is 12.7.